The lowest BCUT2D eigenvalue weighted by atomic mass is 10.1. The molecule has 108 valence electrons. The summed E-state index contributed by atoms with van der Waals surface area (Å²) in [6.45, 7) is 1.74. The van der Waals surface area contributed by atoms with Gasteiger partial charge < -0.3 is 10.0 Å². The summed E-state index contributed by atoms with van der Waals surface area (Å²) in [5.41, 5.74) is 0.278. The van der Waals surface area contributed by atoms with Crippen molar-refractivity contribution in [3.8, 4) is 0 Å². The largest absolute Gasteiger partial charge is 0.478 e. The molecule has 1 aromatic rings. The summed E-state index contributed by atoms with van der Waals surface area (Å²) in [6, 6.07) is 2.78. The lowest BCUT2D eigenvalue weighted by Crippen LogP contribution is -2.37. The van der Waals surface area contributed by atoms with Crippen LogP contribution in [0.5, 0.6) is 0 Å². The first-order valence-corrected chi connectivity index (χ1v) is 7.71. The van der Waals surface area contributed by atoms with E-state index in [0.29, 0.717) is 22.4 Å². The van der Waals surface area contributed by atoms with E-state index in [4.69, 9.17) is 0 Å². The molecular weight excluding hydrogens is 322 g/mol. The lowest BCUT2D eigenvalue weighted by Gasteiger charge is -2.27. The maximum absolute atomic E-state index is 11.4. The van der Waals surface area contributed by atoms with Crippen molar-refractivity contribution in [3.63, 3.8) is 0 Å². The first-order valence-electron chi connectivity index (χ1n) is 6.92. The van der Waals surface area contributed by atoms with Crippen LogP contribution in [0.1, 0.15) is 29.6 Å². The van der Waals surface area contributed by atoms with Crippen molar-refractivity contribution < 1.29 is 9.90 Å². The van der Waals surface area contributed by atoms with Crippen LogP contribution in [0.2, 0.25) is 0 Å². The van der Waals surface area contributed by atoms with Gasteiger partial charge in [0.05, 0.1) is 0 Å². The van der Waals surface area contributed by atoms with E-state index in [1.165, 1.54) is 12.8 Å². The Morgan fingerprint density at radius 2 is 2.15 bits per heavy atom. The van der Waals surface area contributed by atoms with Crippen LogP contribution in [0, 0.1) is 0 Å². The van der Waals surface area contributed by atoms with E-state index in [9.17, 15) is 9.90 Å². The minimum absolute atomic E-state index is 0.278. The Labute approximate surface area is 126 Å². The summed E-state index contributed by atoms with van der Waals surface area (Å²) in [5.74, 6) is -0.321. The van der Waals surface area contributed by atoms with Crippen LogP contribution in [0.25, 0.3) is 0 Å². The van der Waals surface area contributed by atoms with E-state index < -0.39 is 5.97 Å². The number of hydrogen-bond donors (Lipinski definition) is 1. The van der Waals surface area contributed by atoms with Gasteiger partial charge in [-0.1, -0.05) is 0 Å². The third-order valence-corrected chi connectivity index (χ3v) is 4.95. The fraction of sp³-hybridized carbons (Fsp3) is 0.571. The van der Waals surface area contributed by atoms with Gasteiger partial charge in [-0.2, -0.15) is 0 Å². The second kappa shape index (κ2) is 5.33. The number of rotatable bonds is 2. The van der Waals surface area contributed by atoms with E-state index in [1.54, 1.807) is 12.3 Å². The standard InChI is InChI=1S/C14H18BrN3O2/c1-17-10-2-3-11(17)8-18(5-4-10)13-12(14(19)20)6-9(15)7-16-13/h6-7,10-11H,2-5,8H2,1H3,(H,19,20). The number of carboxylic acid groups (broad SMARTS) is 1. The predicted molar refractivity (Wildman–Crippen MR) is 80.3 cm³/mol. The SMILES string of the molecule is CN1C2CCC1CN(c1ncc(Br)cc1C(=O)O)CC2. The highest BCUT2D eigenvalue weighted by molar-refractivity contribution is 9.10. The highest BCUT2D eigenvalue weighted by Crippen LogP contribution is 2.31. The van der Waals surface area contributed by atoms with Crippen molar-refractivity contribution in [3.05, 3.63) is 22.3 Å². The average molecular weight is 340 g/mol. The van der Waals surface area contributed by atoms with Gasteiger partial charge in [0.2, 0.25) is 0 Å². The van der Waals surface area contributed by atoms with Crippen LogP contribution in [-0.4, -0.2) is 53.2 Å². The van der Waals surface area contributed by atoms with Crippen LogP contribution in [0.15, 0.2) is 16.7 Å². The highest BCUT2D eigenvalue weighted by Gasteiger charge is 2.35. The van der Waals surface area contributed by atoms with Crippen LogP contribution >= 0.6 is 15.9 Å². The van der Waals surface area contributed by atoms with Crippen molar-refractivity contribution in [2.75, 3.05) is 25.0 Å². The van der Waals surface area contributed by atoms with Crippen molar-refractivity contribution in [2.45, 2.75) is 31.3 Å². The normalized spacial score (nSPS) is 26.6. The maximum Gasteiger partial charge on any atom is 0.339 e. The minimum atomic E-state index is -0.920. The molecule has 0 aromatic carbocycles. The number of halogens is 1. The second-order valence-corrected chi connectivity index (χ2v) is 6.53. The molecule has 2 aliphatic rings. The van der Waals surface area contributed by atoms with Crippen molar-refractivity contribution in [2.24, 2.45) is 0 Å². The summed E-state index contributed by atoms with van der Waals surface area (Å²) in [5, 5.41) is 9.38. The topological polar surface area (TPSA) is 56.7 Å². The molecule has 2 saturated heterocycles. The van der Waals surface area contributed by atoms with E-state index in [0.717, 1.165) is 19.5 Å². The summed E-state index contributed by atoms with van der Waals surface area (Å²) < 4.78 is 0.701. The molecule has 3 heterocycles. The van der Waals surface area contributed by atoms with Crippen LogP contribution in [0.3, 0.4) is 0 Å². The number of fused-ring (bicyclic) bond motifs is 2. The van der Waals surface area contributed by atoms with E-state index in [2.05, 4.69) is 37.8 Å². The number of nitrogens with zero attached hydrogens (tertiary/aromatic N) is 3. The van der Waals surface area contributed by atoms with E-state index in [1.807, 2.05) is 0 Å². The first-order chi connectivity index (χ1) is 9.56. The number of hydrogen-bond acceptors (Lipinski definition) is 4. The van der Waals surface area contributed by atoms with Gasteiger partial charge in [0.1, 0.15) is 11.4 Å². The molecule has 0 saturated carbocycles. The molecule has 0 aliphatic carbocycles. The Bertz CT molecular complexity index is 537. The van der Waals surface area contributed by atoms with Gasteiger partial charge in [-0.05, 0) is 48.3 Å². The third-order valence-electron chi connectivity index (χ3n) is 4.51. The molecule has 2 atom stereocenters. The molecule has 3 rings (SSSR count). The van der Waals surface area contributed by atoms with Gasteiger partial charge in [-0.15, -0.1) is 0 Å². The molecular formula is C14H18BrN3O2. The van der Waals surface area contributed by atoms with Gasteiger partial charge in [0.15, 0.2) is 0 Å². The Hall–Kier alpha value is -1.14. The number of carboxylic acids is 1. The Balaban J connectivity index is 1.91. The molecule has 0 spiro atoms. The maximum atomic E-state index is 11.4. The Morgan fingerprint density at radius 1 is 1.40 bits per heavy atom. The van der Waals surface area contributed by atoms with Gasteiger partial charge in [-0.25, -0.2) is 9.78 Å². The fourth-order valence-corrected chi connectivity index (χ4v) is 3.67. The summed E-state index contributed by atoms with van der Waals surface area (Å²) >= 11 is 3.29. The van der Waals surface area contributed by atoms with Gasteiger partial charge in [0.25, 0.3) is 0 Å². The quantitative estimate of drug-likeness (QED) is 0.895. The zero-order valence-electron chi connectivity index (χ0n) is 11.4. The number of pyridine rings is 1. The number of anilines is 1. The van der Waals surface area contributed by atoms with Crippen molar-refractivity contribution in [1.29, 1.82) is 0 Å². The lowest BCUT2D eigenvalue weighted by molar-refractivity contribution is 0.0697. The van der Waals surface area contributed by atoms with Crippen molar-refractivity contribution in [1.82, 2.24) is 9.88 Å². The van der Waals surface area contributed by atoms with Gasteiger partial charge in [-0.3, -0.25) is 4.90 Å². The molecule has 1 aromatic heterocycles. The van der Waals surface area contributed by atoms with Crippen LogP contribution in [-0.2, 0) is 0 Å². The Morgan fingerprint density at radius 3 is 2.90 bits per heavy atom. The molecule has 2 unspecified atom stereocenters. The van der Waals surface area contributed by atoms with Crippen LogP contribution in [0.4, 0.5) is 5.82 Å². The highest BCUT2D eigenvalue weighted by atomic mass is 79.9. The molecule has 20 heavy (non-hydrogen) atoms. The molecule has 2 fully saturated rings. The molecule has 6 heteroatoms. The Kier molecular flexibility index (Phi) is 3.69. The zero-order chi connectivity index (χ0) is 14.3. The monoisotopic (exact) mass is 339 g/mol. The zero-order valence-corrected chi connectivity index (χ0v) is 13.0. The number of aromatic nitrogens is 1. The first kappa shape index (κ1) is 13.8. The van der Waals surface area contributed by atoms with Gasteiger partial charge >= 0.3 is 5.97 Å². The molecule has 2 bridgehead atoms. The molecule has 0 amide bonds. The summed E-state index contributed by atoms with van der Waals surface area (Å²) in [4.78, 5) is 20.4. The predicted octanol–water partition coefficient (Wildman–Crippen LogP) is 2.22. The van der Waals surface area contributed by atoms with Crippen LogP contribution < -0.4 is 4.90 Å². The smallest absolute Gasteiger partial charge is 0.339 e. The molecule has 2 aliphatic heterocycles. The van der Waals surface area contributed by atoms with Crippen molar-refractivity contribution >= 4 is 27.7 Å². The minimum Gasteiger partial charge on any atom is -0.478 e. The van der Waals surface area contributed by atoms with E-state index >= 15 is 0 Å². The van der Waals surface area contributed by atoms with Gasteiger partial charge in [0, 0.05) is 35.8 Å². The molecule has 0 radical (unpaired) electrons. The number of aromatic carboxylic acids is 1. The average Bonchev–Trinajstić information content (AvgIpc) is 2.64. The second-order valence-electron chi connectivity index (χ2n) is 5.62. The molecule has 5 nitrogen and oxygen atoms in total. The van der Waals surface area contributed by atoms with E-state index in [-0.39, 0.29) is 5.56 Å². The number of carbonyl (C=O) groups is 1. The number of likely N-dealkylation sites (N-methyl/N-ethyl adjacent to an activating group) is 1. The third kappa shape index (κ3) is 2.42. The molecule has 1 N–H and O–H groups in total. The summed E-state index contributed by atoms with van der Waals surface area (Å²) in [6.07, 6.45) is 5.20. The fourth-order valence-electron chi connectivity index (χ4n) is 3.34. The summed E-state index contributed by atoms with van der Waals surface area (Å²) in [7, 11) is 2.18.